The van der Waals surface area contributed by atoms with E-state index >= 15 is 0 Å². The number of hydrogen-bond acceptors (Lipinski definition) is 3. The van der Waals surface area contributed by atoms with Crippen LogP contribution in [0.2, 0.25) is 51.4 Å². The normalized spacial score (nSPS) is 13.6. The van der Waals surface area contributed by atoms with Crippen LogP contribution >= 0.6 is 0 Å². The molecule has 0 heterocycles. The second kappa shape index (κ2) is 5.67. The molecule has 0 radical (unpaired) electrons. The van der Waals surface area contributed by atoms with Gasteiger partial charge >= 0.3 is 5.97 Å². The molecule has 0 aromatic rings. The van der Waals surface area contributed by atoms with E-state index in [0.717, 1.165) is 0 Å². The van der Waals surface area contributed by atoms with Crippen LogP contribution in [0.25, 0.3) is 0 Å². The topological polar surface area (TPSA) is 46.5 Å². The molecule has 0 aliphatic heterocycles. The summed E-state index contributed by atoms with van der Waals surface area (Å²) in [5.41, 5.74) is -1.26. The molecule has 0 saturated heterocycles. The van der Waals surface area contributed by atoms with Gasteiger partial charge in [0, 0.05) is 16.1 Å². The summed E-state index contributed by atoms with van der Waals surface area (Å²) in [4.78, 5) is 12.0. The Morgan fingerprint density at radius 3 is 1.65 bits per heavy atom. The predicted octanol–water partition coefficient (Wildman–Crippen LogP) is 2.96. The minimum Gasteiger partial charge on any atom is -0.464 e. The maximum Gasteiger partial charge on any atom is 0.337 e. The highest BCUT2D eigenvalue weighted by atomic mass is 28.3. The molecule has 5 heteroatoms. The molecular weight excluding hydrogens is 248 g/mol. The number of ether oxygens (including phenoxy) is 1. The lowest BCUT2D eigenvalue weighted by molar-refractivity contribution is -0.161. The van der Waals surface area contributed by atoms with Crippen LogP contribution in [0.15, 0.2) is 0 Å². The van der Waals surface area contributed by atoms with Crippen LogP contribution < -0.4 is 0 Å². The van der Waals surface area contributed by atoms with Crippen LogP contribution in [-0.2, 0) is 9.53 Å². The highest BCUT2D eigenvalue weighted by Gasteiger charge is 2.44. The number of carbonyl (C=O) groups excluding carboxylic acids is 1. The number of aliphatic hydroxyl groups is 1. The molecule has 0 unspecified atom stereocenters. The largest absolute Gasteiger partial charge is 0.464 e. The molecule has 3 nitrogen and oxygen atoms in total. The SMILES string of the molecule is CCOC(=O)C(O)(C[Si](C)(C)C)C[Si](C)(C)C. The Kier molecular flexibility index (Phi) is 5.62. The third-order valence-electron chi connectivity index (χ3n) is 2.30. The van der Waals surface area contributed by atoms with Gasteiger partial charge in [0.2, 0.25) is 0 Å². The van der Waals surface area contributed by atoms with E-state index in [1.165, 1.54) is 0 Å². The highest BCUT2D eigenvalue weighted by Crippen LogP contribution is 2.31. The average Bonchev–Trinajstić information content (AvgIpc) is 1.96. The third kappa shape index (κ3) is 7.00. The summed E-state index contributed by atoms with van der Waals surface area (Å²) < 4.78 is 5.05. The van der Waals surface area contributed by atoms with Crippen LogP contribution in [-0.4, -0.2) is 39.4 Å². The molecule has 0 aromatic carbocycles. The van der Waals surface area contributed by atoms with Crippen molar-refractivity contribution in [2.24, 2.45) is 0 Å². The van der Waals surface area contributed by atoms with Crippen LogP contribution in [0.4, 0.5) is 0 Å². The molecular formula is C12H28O3Si2. The summed E-state index contributed by atoms with van der Waals surface area (Å²) in [7, 11) is -3.03. The first-order valence-corrected chi connectivity index (χ1v) is 13.7. The van der Waals surface area contributed by atoms with Crippen LogP contribution in [0, 0.1) is 0 Å². The van der Waals surface area contributed by atoms with Crippen molar-refractivity contribution in [1.82, 2.24) is 0 Å². The first-order valence-electron chi connectivity index (χ1n) is 6.29. The van der Waals surface area contributed by atoms with Crippen molar-refractivity contribution in [1.29, 1.82) is 0 Å². The Bertz CT molecular complexity index is 248. The molecule has 17 heavy (non-hydrogen) atoms. The quantitative estimate of drug-likeness (QED) is 0.599. The number of esters is 1. The van der Waals surface area contributed by atoms with Crippen molar-refractivity contribution in [3.8, 4) is 0 Å². The molecule has 102 valence electrons. The van der Waals surface area contributed by atoms with Crippen LogP contribution in [0.3, 0.4) is 0 Å². The maximum atomic E-state index is 12.0. The molecule has 0 aliphatic carbocycles. The fourth-order valence-corrected chi connectivity index (χ4v) is 6.52. The van der Waals surface area contributed by atoms with Gasteiger partial charge in [-0.2, -0.15) is 0 Å². The van der Waals surface area contributed by atoms with Gasteiger partial charge in [0.25, 0.3) is 0 Å². The first kappa shape index (κ1) is 16.9. The summed E-state index contributed by atoms with van der Waals surface area (Å²) in [5.74, 6) is -0.426. The fraction of sp³-hybridized carbons (Fsp3) is 0.917. The smallest absolute Gasteiger partial charge is 0.337 e. The number of carbonyl (C=O) groups is 1. The summed E-state index contributed by atoms with van der Waals surface area (Å²) >= 11 is 0. The van der Waals surface area contributed by atoms with Crippen molar-refractivity contribution in [2.75, 3.05) is 6.61 Å². The molecule has 0 fully saturated rings. The molecule has 0 saturated carbocycles. The van der Waals surface area contributed by atoms with Gasteiger partial charge in [0.15, 0.2) is 5.60 Å². The Labute approximate surface area is 108 Å². The second-order valence-electron chi connectivity index (χ2n) is 7.23. The number of rotatable bonds is 6. The van der Waals surface area contributed by atoms with Gasteiger partial charge in [-0.1, -0.05) is 39.3 Å². The van der Waals surface area contributed by atoms with Crippen molar-refractivity contribution in [3.63, 3.8) is 0 Å². The summed E-state index contributed by atoms with van der Waals surface area (Å²) in [6.07, 6.45) is 0. The maximum absolute atomic E-state index is 12.0. The lowest BCUT2D eigenvalue weighted by Crippen LogP contribution is -2.49. The highest BCUT2D eigenvalue weighted by molar-refractivity contribution is 6.78. The molecule has 0 aromatic heterocycles. The molecule has 1 N–H and O–H groups in total. The Balaban J connectivity index is 5.00. The Hall–Kier alpha value is -0.136. The minimum atomic E-state index is -1.51. The third-order valence-corrected chi connectivity index (χ3v) is 5.59. The van der Waals surface area contributed by atoms with E-state index in [0.29, 0.717) is 18.7 Å². The zero-order valence-electron chi connectivity index (χ0n) is 12.4. The zero-order chi connectivity index (χ0) is 13.9. The Morgan fingerprint density at radius 1 is 1.06 bits per heavy atom. The van der Waals surface area contributed by atoms with Gasteiger partial charge in [0.05, 0.1) is 6.61 Å². The van der Waals surface area contributed by atoms with Gasteiger partial charge < -0.3 is 9.84 Å². The first-order chi connectivity index (χ1) is 7.40. The zero-order valence-corrected chi connectivity index (χ0v) is 14.4. The molecule has 0 amide bonds. The van der Waals surface area contributed by atoms with Crippen molar-refractivity contribution >= 4 is 22.1 Å². The van der Waals surface area contributed by atoms with Crippen molar-refractivity contribution < 1.29 is 14.6 Å². The van der Waals surface area contributed by atoms with Gasteiger partial charge in [-0.3, -0.25) is 0 Å². The number of hydrogen-bond donors (Lipinski definition) is 1. The summed E-state index contributed by atoms with van der Waals surface area (Å²) in [6, 6.07) is 1.17. The van der Waals surface area contributed by atoms with Crippen LogP contribution in [0.5, 0.6) is 0 Å². The van der Waals surface area contributed by atoms with Gasteiger partial charge in [0.1, 0.15) is 0 Å². The Morgan fingerprint density at radius 2 is 1.41 bits per heavy atom. The lowest BCUT2D eigenvalue weighted by atomic mass is 10.1. The molecule has 0 atom stereocenters. The van der Waals surface area contributed by atoms with E-state index in [2.05, 4.69) is 39.3 Å². The summed E-state index contributed by atoms with van der Waals surface area (Å²) in [6.45, 7) is 15.1. The monoisotopic (exact) mass is 276 g/mol. The lowest BCUT2D eigenvalue weighted by Gasteiger charge is -2.35. The molecule has 0 bridgehead atoms. The average molecular weight is 277 g/mol. The van der Waals surface area contributed by atoms with E-state index in [9.17, 15) is 9.90 Å². The van der Waals surface area contributed by atoms with E-state index in [-0.39, 0.29) is 0 Å². The van der Waals surface area contributed by atoms with E-state index in [1.54, 1.807) is 6.92 Å². The molecule has 0 spiro atoms. The summed E-state index contributed by atoms with van der Waals surface area (Å²) in [5, 5.41) is 10.7. The van der Waals surface area contributed by atoms with Crippen molar-refractivity contribution in [3.05, 3.63) is 0 Å². The van der Waals surface area contributed by atoms with Crippen LogP contribution in [0.1, 0.15) is 6.92 Å². The van der Waals surface area contributed by atoms with E-state index in [1.807, 2.05) is 0 Å². The predicted molar refractivity (Wildman–Crippen MR) is 77.9 cm³/mol. The van der Waals surface area contributed by atoms with Crippen molar-refractivity contribution in [2.45, 2.75) is 63.9 Å². The molecule has 0 rings (SSSR count). The van der Waals surface area contributed by atoms with E-state index < -0.39 is 27.7 Å². The van der Waals surface area contributed by atoms with Gasteiger partial charge in [-0.25, -0.2) is 4.79 Å². The minimum absolute atomic E-state index is 0.332. The fourth-order valence-electron chi connectivity index (χ4n) is 2.23. The second-order valence-corrected chi connectivity index (χ2v) is 18.2. The van der Waals surface area contributed by atoms with Gasteiger partial charge in [-0.15, -0.1) is 0 Å². The standard InChI is InChI=1S/C12H28O3Si2/c1-8-15-11(13)12(14,9-16(2,3)4)10-17(5,6)7/h14H,8-10H2,1-7H3. The molecule has 0 aliphatic rings. The van der Waals surface area contributed by atoms with Gasteiger partial charge in [-0.05, 0) is 19.0 Å². The van der Waals surface area contributed by atoms with E-state index in [4.69, 9.17) is 4.74 Å².